The fourth-order valence-electron chi connectivity index (χ4n) is 1.34. The normalized spacial score (nSPS) is 10.3. The summed E-state index contributed by atoms with van der Waals surface area (Å²) in [6.07, 6.45) is 1.13. The maximum absolute atomic E-state index is 6.13. The van der Waals surface area contributed by atoms with E-state index in [1.165, 1.54) is 0 Å². The third-order valence-corrected chi connectivity index (χ3v) is 2.66. The van der Waals surface area contributed by atoms with Gasteiger partial charge in [0.25, 0.3) is 0 Å². The molecule has 2 nitrogen and oxygen atoms in total. The summed E-state index contributed by atoms with van der Waals surface area (Å²) in [7, 11) is 0. The van der Waals surface area contributed by atoms with Crippen LogP contribution < -0.4 is 10.1 Å². The Morgan fingerprint density at radius 3 is 2.88 bits per heavy atom. The van der Waals surface area contributed by atoms with Gasteiger partial charge in [0, 0.05) is 11.0 Å². The van der Waals surface area contributed by atoms with Crippen LogP contribution in [0.15, 0.2) is 29.3 Å². The van der Waals surface area contributed by atoms with Gasteiger partial charge >= 0.3 is 0 Å². The van der Waals surface area contributed by atoms with Crippen LogP contribution in [-0.4, -0.2) is 13.2 Å². The molecule has 0 fully saturated rings. The summed E-state index contributed by atoms with van der Waals surface area (Å²) in [6, 6.07) is 5.83. The molecule has 0 aliphatic carbocycles. The SMILES string of the molecule is C=C(Br)COc1ccc(CNCCC)cc1Cl. The highest BCUT2D eigenvalue weighted by Gasteiger charge is 2.03. The molecule has 0 spiro atoms. The van der Waals surface area contributed by atoms with Crippen molar-refractivity contribution < 1.29 is 4.74 Å². The van der Waals surface area contributed by atoms with E-state index >= 15 is 0 Å². The van der Waals surface area contributed by atoms with Crippen molar-refractivity contribution in [1.82, 2.24) is 5.32 Å². The number of hydrogen-bond acceptors (Lipinski definition) is 2. The minimum absolute atomic E-state index is 0.424. The van der Waals surface area contributed by atoms with E-state index in [0.717, 1.165) is 29.6 Å². The van der Waals surface area contributed by atoms with Gasteiger partial charge in [0.2, 0.25) is 0 Å². The average molecular weight is 319 g/mol. The van der Waals surface area contributed by atoms with Crippen LogP contribution in [-0.2, 0) is 6.54 Å². The van der Waals surface area contributed by atoms with E-state index in [-0.39, 0.29) is 0 Å². The number of ether oxygens (including phenoxy) is 1. The predicted molar refractivity (Wildman–Crippen MR) is 77.0 cm³/mol. The molecule has 0 aliphatic heterocycles. The molecule has 17 heavy (non-hydrogen) atoms. The molecular weight excluding hydrogens is 302 g/mol. The summed E-state index contributed by atoms with van der Waals surface area (Å²) in [5, 5.41) is 3.96. The molecule has 1 N–H and O–H groups in total. The van der Waals surface area contributed by atoms with Crippen LogP contribution in [0.2, 0.25) is 5.02 Å². The summed E-state index contributed by atoms with van der Waals surface area (Å²) in [6.45, 7) is 8.12. The summed E-state index contributed by atoms with van der Waals surface area (Å²) in [5.74, 6) is 0.687. The van der Waals surface area contributed by atoms with E-state index in [2.05, 4.69) is 34.7 Å². The Balaban J connectivity index is 2.56. The van der Waals surface area contributed by atoms with Gasteiger partial charge in [0.1, 0.15) is 12.4 Å². The van der Waals surface area contributed by atoms with Crippen molar-refractivity contribution in [2.45, 2.75) is 19.9 Å². The van der Waals surface area contributed by atoms with Crippen LogP contribution in [0.3, 0.4) is 0 Å². The minimum atomic E-state index is 0.424. The molecule has 94 valence electrons. The fourth-order valence-corrected chi connectivity index (χ4v) is 1.71. The van der Waals surface area contributed by atoms with Crippen LogP contribution in [0.4, 0.5) is 0 Å². The zero-order valence-corrected chi connectivity index (χ0v) is 12.3. The van der Waals surface area contributed by atoms with E-state index in [9.17, 15) is 0 Å². The summed E-state index contributed by atoms with van der Waals surface area (Å²) < 4.78 is 6.27. The number of nitrogens with one attached hydrogen (secondary N) is 1. The highest BCUT2D eigenvalue weighted by Crippen LogP contribution is 2.26. The Morgan fingerprint density at radius 2 is 2.29 bits per heavy atom. The lowest BCUT2D eigenvalue weighted by atomic mass is 10.2. The van der Waals surface area contributed by atoms with Crippen LogP contribution >= 0.6 is 27.5 Å². The van der Waals surface area contributed by atoms with Gasteiger partial charge in [0.05, 0.1) is 5.02 Å². The largest absolute Gasteiger partial charge is 0.487 e. The fraction of sp³-hybridized carbons (Fsp3) is 0.385. The van der Waals surface area contributed by atoms with Gasteiger partial charge in [-0.25, -0.2) is 0 Å². The Morgan fingerprint density at radius 1 is 1.53 bits per heavy atom. The highest BCUT2D eigenvalue weighted by atomic mass is 79.9. The van der Waals surface area contributed by atoms with E-state index in [1.54, 1.807) is 0 Å². The molecule has 0 aromatic heterocycles. The van der Waals surface area contributed by atoms with Crippen molar-refractivity contribution in [2.75, 3.05) is 13.2 Å². The second-order valence-electron chi connectivity index (χ2n) is 3.75. The second-order valence-corrected chi connectivity index (χ2v) is 5.28. The monoisotopic (exact) mass is 317 g/mol. The van der Waals surface area contributed by atoms with Gasteiger partial charge in [-0.1, -0.05) is 47.1 Å². The summed E-state index contributed by atoms with van der Waals surface area (Å²) in [4.78, 5) is 0. The van der Waals surface area contributed by atoms with Gasteiger partial charge in [-0.05, 0) is 30.7 Å². The van der Waals surface area contributed by atoms with Crippen molar-refractivity contribution >= 4 is 27.5 Å². The first-order chi connectivity index (χ1) is 8.13. The lowest BCUT2D eigenvalue weighted by Gasteiger charge is -2.09. The molecule has 0 unspecified atom stereocenters. The Bertz CT molecular complexity index is 382. The molecule has 1 aromatic rings. The smallest absolute Gasteiger partial charge is 0.138 e. The first-order valence-corrected chi connectivity index (χ1v) is 6.75. The predicted octanol–water partition coefficient (Wildman–Crippen LogP) is 4.13. The molecule has 0 radical (unpaired) electrons. The lowest BCUT2D eigenvalue weighted by Crippen LogP contribution is -2.13. The van der Waals surface area contributed by atoms with Crippen LogP contribution in [0.25, 0.3) is 0 Å². The summed E-state index contributed by atoms with van der Waals surface area (Å²) >= 11 is 9.37. The standard InChI is InChI=1S/C13H17BrClNO/c1-3-6-16-8-11-4-5-13(12(15)7-11)17-9-10(2)14/h4-5,7,16H,2-3,6,8-9H2,1H3. The van der Waals surface area contributed by atoms with Crippen LogP contribution in [0, 0.1) is 0 Å². The molecule has 1 aromatic carbocycles. The zero-order valence-electron chi connectivity index (χ0n) is 9.93. The third-order valence-electron chi connectivity index (χ3n) is 2.14. The zero-order chi connectivity index (χ0) is 12.7. The molecular formula is C13H17BrClNO. The van der Waals surface area contributed by atoms with Crippen molar-refractivity contribution in [3.63, 3.8) is 0 Å². The first kappa shape index (κ1) is 14.6. The van der Waals surface area contributed by atoms with Gasteiger partial charge < -0.3 is 10.1 Å². The maximum Gasteiger partial charge on any atom is 0.138 e. The molecule has 0 aliphatic rings. The Kier molecular flexibility index (Phi) is 6.63. The van der Waals surface area contributed by atoms with Gasteiger partial charge in [0.15, 0.2) is 0 Å². The number of rotatable bonds is 7. The van der Waals surface area contributed by atoms with Crippen molar-refractivity contribution in [3.05, 3.63) is 39.8 Å². The van der Waals surface area contributed by atoms with E-state index in [0.29, 0.717) is 17.4 Å². The van der Waals surface area contributed by atoms with Gasteiger partial charge in [-0.3, -0.25) is 0 Å². The van der Waals surface area contributed by atoms with Crippen LogP contribution in [0.1, 0.15) is 18.9 Å². The molecule has 0 atom stereocenters. The highest BCUT2D eigenvalue weighted by molar-refractivity contribution is 9.11. The number of hydrogen-bond donors (Lipinski definition) is 1. The topological polar surface area (TPSA) is 21.3 Å². The molecule has 0 bridgehead atoms. The molecule has 0 amide bonds. The van der Waals surface area contributed by atoms with Crippen LogP contribution in [0.5, 0.6) is 5.75 Å². The summed E-state index contributed by atoms with van der Waals surface area (Å²) in [5.41, 5.74) is 1.16. The van der Waals surface area contributed by atoms with Crippen molar-refractivity contribution in [1.29, 1.82) is 0 Å². The maximum atomic E-state index is 6.13. The molecule has 4 heteroatoms. The minimum Gasteiger partial charge on any atom is -0.487 e. The first-order valence-electron chi connectivity index (χ1n) is 5.58. The van der Waals surface area contributed by atoms with Gasteiger partial charge in [-0.2, -0.15) is 0 Å². The Hall–Kier alpha value is -0.510. The second kappa shape index (κ2) is 7.75. The molecule has 1 rings (SSSR count). The van der Waals surface area contributed by atoms with E-state index < -0.39 is 0 Å². The Labute approximate surface area is 116 Å². The average Bonchev–Trinajstić information content (AvgIpc) is 2.28. The number of halogens is 2. The van der Waals surface area contributed by atoms with E-state index in [4.69, 9.17) is 16.3 Å². The number of benzene rings is 1. The third kappa shape index (κ3) is 5.57. The molecule has 0 saturated carbocycles. The van der Waals surface area contributed by atoms with Gasteiger partial charge in [-0.15, -0.1) is 0 Å². The lowest BCUT2D eigenvalue weighted by molar-refractivity contribution is 0.361. The van der Waals surface area contributed by atoms with Crippen molar-refractivity contribution in [3.8, 4) is 5.75 Å². The van der Waals surface area contributed by atoms with E-state index in [1.807, 2.05) is 18.2 Å². The quantitative estimate of drug-likeness (QED) is 0.763. The molecule has 0 heterocycles. The van der Waals surface area contributed by atoms with Crippen molar-refractivity contribution in [2.24, 2.45) is 0 Å². The molecule has 0 saturated heterocycles.